The summed E-state index contributed by atoms with van der Waals surface area (Å²) in [6, 6.07) is 2.61. The topological polar surface area (TPSA) is 65.6 Å². The monoisotopic (exact) mass is 401 g/mol. The average Bonchev–Trinajstić information content (AvgIpc) is 2.92. The van der Waals surface area contributed by atoms with Gasteiger partial charge in [0.05, 0.1) is 17.9 Å². The van der Waals surface area contributed by atoms with Crippen molar-refractivity contribution >= 4 is 52.6 Å². The van der Waals surface area contributed by atoms with Gasteiger partial charge in [-0.05, 0) is 29.9 Å². The van der Waals surface area contributed by atoms with E-state index in [-0.39, 0.29) is 21.3 Å². The van der Waals surface area contributed by atoms with Gasteiger partial charge >= 0.3 is 10.8 Å². The summed E-state index contributed by atoms with van der Waals surface area (Å²) in [5, 5.41) is 0.188. The quantitative estimate of drug-likeness (QED) is 0.583. The number of esters is 1. The van der Waals surface area contributed by atoms with Crippen molar-refractivity contribution in [2.24, 2.45) is 4.99 Å². The van der Waals surface area contributed by atoms with E-state index in [9.17, 15) is 14.0 Å². The van der Waals surface area contributed by atoms with Crippen molar-refractivity contribution in [1.82, 2.24) is 9.36 Å². The normalized spacial score (nSPS) is 13.8. The minimum absolute atomic E-state index is 0.0514. The van der Waals surface area contributed by atoms with Crippen LogP contribution in [0.15, 0.2) is 32.9 Å². The summed E-state index contributed by atoms with van der Waals surface area (Å²) in [7, 11) is 1.29. The van der Waals surface area contributed by atoms with E-state index in [2.05, 4.69) is 9.73 Å². The van der Waals surface area contributed by atoms with Crippen LogP contribution in [-0.4, -0.2) is 28.2 Å². The first kappa shape index (κ1) is 18.0. The van der Waals surface area contributed by atoms with Gasteiger partial charge in [0.15, 0.2) is 0 Å². The number of carbonyl (C=O) groups excluding carboxylic acids is 1. The maximum absolute atomic E-state index is 14.2. The summed E-state index contributed by atoms with van der Waals surface area (Å²) in [6.45, 7) is 0.591. The lowest BCUT2D eigenvalue weighted by molar-refractivity contribution is -0.137. The minimum atomic E-state index is -0.598. The maximum Gasteiger partial charge on any atom is 0.329 e. The first-order valence-electron chi connectivity index (χ1n) is 7.22. The Hall–Kier alpha value is -1.84. The molecule has 0 bridgehead atoms. The predicted octanol–water partition coefficient (Wildman–Crippen LogP) is 2.88. The molecule has 0 radical (unpaired) electrons. The molecular weight excluding hydrogens is 389 g/mol. The van der Waals surface area contributed by atoms with Gasteiger partial charge in [-0.25, -0.2) is 14.1 Å². The van der Waals surface area contributed by atoms with E-state index in [0.29, 0.717) is 16.2 Å². The van der Waals surface area contributed by atoms with E-state index in [1.54, 1.807) is 10.9 Å². The number of benzene rings is 1. The number of ether oxygens (including phenoxy) is 1. The third kappa shape index (κ3) is 3.88. The number of carbonyl (C=O) groups is 1. The molecule has 1 aromatic carbocycles. The zero-order valence-corrected chi connectivity index (χ0v) is 15.5. The van der Waals surface area contributed by atoms with Gasteiger partial charge < -0.3 is 4.74 Å². The second kappa shape index (κ2) is 7.59. The second-order valence-corrected chi connectivity index (χ2v) is 7.35. The number of aromatic nitrogens is 2. The fourth-order valence-corrected chi connectivity index (χ4v) is 4.11. The summed E-state index contributed by atoms with van der Waals surface area (Å²) in [6.07, 6.45) is 4.34. The number of fused-ring (bicyclic) bond motifs is 1. The van der Waals surface area contributed by atoms with Crippen molar-refractivity contribution in [2.45, 2.75) is 17.9 Å². The Labute approximate surface area is 155 Å². The molecule has 0 saturated carbocycles. The summed E-state index contributed by atoms with van der Waals surface area (Å²) in [5.41, 5.74) is 0.0588. The highest BCUT2D eigenvalue weighted by Gasteiger charge is 2.13. The lowest BCUT2D eigenvalue weighted by atomic mass is 10.3. The van der Waals surface area contributed by atoms with Gasteiger partial charge in [-0.2, -0.15) is 0 Å². The van der Waals surface area contributed by atoms with Crippen molar-refractivity contribution in [3.8, 4) is 0 Å². The smallest absolute Gasteiger partial charge is 0.329 e. The molecule has 25 heavy (non-hydrogen) atoms. The van der Waals surface area contributed by atoms with E-state index >= 15 is 0 Å². The third-order valence-electron chi connectivity index (χ3n) is 3.39. The van der Waals surface area contributed by atoms with Gasteiger partial charge in [0.1, 0.15) is 11.5 Å². The van der Waals surface area contributed by atoms with E-state index in [1.807, 2.05) is 6.08 Å². The van der Waals surface area contributed by atoms with Crippen LogP contribution in [0.1, 0.15) is 6.42 Å². The van der Waals surface area contributed by atoms with Crippen LogP contribution < -0.4 is 9.67 Å². The molecule has 1 aromatic heterocycles. The fraction of sp³-hybridized carbons (Fsp3) is 0.267. The molecular formula is C15H13ClFN3O3S2. The Bertz CT molecular complexity index is 977. The standard InChI is InChI=1S/C15H13ClFN3O3S2/c1-23-13(21)8-24-12-7-11(10(17)6-9(12)16)18-14-19-4-2-3-5-20(19)15(22)25-14/h3,5-7H,2,4,8H2,1H3. The highest BCUT2D eigenvalue weighted by Crippen LogP contribution is 2.33. The van der Waals surface area contributed by atoms with Crippen LogP contribution >= 0.6 is 34.7 Å². The van der Waals surface area contributed by atoms with Gasteiger partial charge in [-0.1, -0.05) is 17.7 Å². The lowest BCUT2D eigenvalue weighted by Gasteiger charge is -2.10. The molecule has 2 aromatic rings. The largest absolute Gasteiger partial charge is 0.468 e. The third-order valence-corrected chi connectivity index (χ3v) is 5.69. The Balaban J connectivity index is 2.02. The molecule has 6 nitrogen and oxygen atoms in total. The van der Waals surface area contributed by atoms with E-state index in [1.165, 1.54) is 17.9 Å². The Morgan fingerprint density at radius 1 is 1.52 bits per heavy atom. The molecule has 132 valence electrons. The molecule has 0 amide bonds. The van der Waals surface area contributed by atoms with Gasteiger partial charge in [-0.3, -0.25) is 14.3 Å². The highest BCUT2D eigenvalue weighted by atomic mass is 35.5. The molecule has 0 fully saturated rings. The molecule has 0 aliphatic carbocycles. The molecule has 0 atom stereocenters. The Kier molecular flexibility index (Phi) is 5.45. The zero-order valence-electron chi connectivity index (χ0n) is 13.1. The average molecular weight is 402 g/mol. The number of halogens is 2. The number of hydrogen-bond acceptors (Lipinski definition) is 6. The van der Waals surface area contributed by atoms with Crippen LogP contribution in [0.25, 0.3) is 6.20 Å². The van der Waals surface area contributed by atoms with Crippen LogP contribution in [0.4, 0.5) is 10.1 Å². The molecule has 1 aliphatic heterocycles. The summed E-state index contributed by atoms with van der Waals surface area (Å²) in [4.78, 5) is 28.3. The van der Waals surface area contributed by atoms with Gasteiger partial charge in [-0.15, -0.1) is 11.8 Å². The molecule has 0 spiro atoms. The molecule has 2 heterocycles. The van der Waals surface area contributed by atoms with Gasteiger partial charge in [0.2, 0.25) is 4.80 Å². The molecule has 3 rings (SSSR count). The fourth-order valence-electron chi connectivity index (χ4n) is 2.18. The first-order chi connectivity index (χ1) is 12.0. The summed E-state index contributed by atoms with van der Waals surface area (Å²) >= 11 is 8.10. The first-order valence-corrected chi connectivity index (χ1v) is 9.40. The van der Waals surface area contributed by atoms with Crippen molar-refractivity contribution in [3.63, 3.8) is 0 Å². The lowest BCUT2D eigenvalue weighted by Crippen LogP contribution is -2.26. The Morgan fingerprint density at radius 2 is 2.32 bits per heavy atom. The van der Waals surface area contributed by atoms with Gasteiger partial charge in [0, 0.05) is 17.6 Å². The maximum atomic E-state index is 14.2. The molecule has 0 saturated heterocycles. The highest BCUT2D eigenvalue weighted by molar-refractivity contribution is 8.00. The van der Waals surface area contributed by atoms with Gasteiger partial charge in [0.25, 0.3) is 0 Å². The number of methoxy groups -OCH3 is 1. The second-order valence-electron chi connectivity index (χ2n) is 5.00. The SMILES string of the molecule is COC(=O)CSc1cc(N=c2sc(=O)n3n2CCC=C3)c(F)cc1Cl. The van der Waals surface area contributed by atoms with E-state index in [0.717, 1.165) is 35.6 Å². The van der Waals surface area contributed by atoms with Crippen LogP contribution in [-0.2, 0) is 16.1 Å². The summed E-state index contributed by atoms with van der Waals surface area (Å²) < 4.78 is 22.0. The molecule has 0 N–H and O–H groups in total. The Morgan fingerprint density at radius 3 is 3.08 bits per heavy atom. The van der Waals surface area contributed by atoms with Crippen molar-refractivity contribution in [1.29, 1.82) is 0 Å². The zero-order chi connectivity index (χ0) is 18.0. The van der Waals surface area contributed by atoms with Crippen LogP contribution in [0.2, 0.25) is 5.02 Å². The number of rotatable bonds is 4. The minimum Gasteiger partial charge on any atom is -0.468 e. The molecule has 1 aliphatic rings. The van der Waals surface area contributed by atoms with Crippen molar-refractivity contribution in [2.75, 3.05) is 12.9 Å². The molecule has 0 unspecified atom stereocenters. The number of hydrogen-bond donors (Lipinski definition) is 0. The molecule has 10 heteroatoms. The summed E-state index contributed by atoms with van der Waals surface area (Å²) in [5.74, 6) is -0.958. The number of allylic oxidation sites excluding steroid dienone is 1. The van der Waals surface area contributed by atoms with Crippen LogP contribution in [0.5, 0.6) is 0 Å². The number of nitrogens with zero attached hydrogens (tertiary/aromatic N) is 3. The van der Waals surface area contributed by atoms with E-state index in [4.69, 9.17) is 11.6 Å². The number of thioether (sulfide) groups is 1. The van der Waals surface area contributed by atoms with Crippen LogP contribution in [0.3, 0.4) is 0 Å². The van der Waals surface area contributed by atoms with Crippen LogP contribution in [0, 0.1) is 5.82 Å². The predicted molar refractivity (Wildman–Crippen MR) is 95.9 cm³/mol. The van der Waals surface area contributed by atoms with E-state index < -0.39 is 11.8 Å². The van der Waals surface area contributed by atoms with Crippen molar-refractivity contribution in [3.05, 3.63) is 43.5 Å². The van der Waals surface area contributed by atoms with Crippen molar-refractivity contribution < 1.29 is 13.9 Å².